The van der Waals surface area contributed by atoms with Crippen molar-refractivity contribution < 1.29 is 27.8 Å². The maximum absolute atomic E-state index is 11.7. The molecule has 16 heavy (non-hydrogen) atoms. The van der Waals surface area contributed by atoms with Crippen molar-refractivity contribution in [3.05, 3.63) is 29.6 Å². The van der Waals surface area contributed by atoms with E-state index >= 15 is 0 Å². The minimum absolute atomic E-state index is 0.167. The Hall–Kier alpha value is -1.63. The first-order chi connectivity index (χ1) is 7.38. The molecule has 0 unspecified atom stereocenters. The highest BCUT2D eigenvalue weighted by Crippen LogP contribution is 2.15. The third-order valence-corrected chi connectivity index (χ3v) is 1.58. The third kappa shape index (κ3) is 4.26. The largest absolute Gasteiger partial charge is 0.477 e. The predicted octanol–water partition coefficient (Wildman–Crippen LogP) is 1.86. The van der Waals surface area contributed by atoms with Gasteiger partial charge < -0.3 is 9.84 Å². The molecule has 1 N–H and O–H groups in total. The standard InChI is InChI=1S/C9H8F3NO3/c10-9(11,12)5-16-4-6-1-2-7(8(14)15)13-3-6/h1-3H,4-5H2,(H,14,15). The molecule has 0 spiro atoms. The number of alkyl halides is 3. The van der Waals surface area contributed by atoms with E-state index < -0.39 is 18.8 Å². The van der Waals surface area contributed by atoms with Crippen molar-refractivity contribution >= 4 is 5.97 Å². The normalized spacial score (nSPS) is 11.4. The number of carboxylic acids is 1. The number of hydrogen-bond acceptors (Lipinski definition) is 3. The Bertz CT molecular complexity index is 361. The van der Waals surface area contributed by atoms with E-state index in [1.165, 1.54) is 18.3 Å². The van der Waals surface area contributed by atoms with E-state index in [-0.39, 0.29) is 12.3 Å². The molecular formula is C9H8F3NO3. The molecule has 0 saturated heterocycles. The minimum atomic E-state index is -4.37. The van der Waals surface area contributed by atoms with Crippen LogP contribution in [0.2, 0.25) is 0 Å². The molecule has 1 aromatic rings. The summed E-state index contributed by atoms with van der Waals surface area (Å²) in [4.78, 5) is 13.9. The molecule has 1 heterocycles. The van der Waals surface area contributed by atoms with Crippen LogP contribution < -0.4 is 0 Å². The van der Waals surface area contributed by atoms with Gasteiger partial charge in [0.25, 0.3) is 0 Å². The Labute approximate surface area is 88.7 Å². The zero-order chi connectivity index (χ0) is 12.2. The van der Waals surface area contributed by atoms with Crippen LogP contribution in [0.3, 0.4) is 0 Å². The van der Waals surface area contributed by atoms with Gasteiger partial charge in [-0.1, -0.05) is 6.07 Å². The first-order valence-electron chi connectivity index (χ1n) is 4.21. The van der Waals surface area contributed by atoms with E-state index in [4.69, 9.17) is 5.11 Å². The molecule has 7 heteroatoms. The Kier molecular flexibility index (Phi) is 3.83. The van der Waals surface area contributed by atoms with Gasteiger partial charge in [0.15, 0.2) is 0 Å². The number of pyridine rings is 1. The van der Waals surface area contributed by atoms with Gasteiger partial charge in [-0.05, 0) is 11.6 Å². The summed E-state index contributed by atoms with van der Waals surface area (Å²) in [6.45, 7) is -1.60. The monoisotopic (exact) mass is 235 g/mol. The average molecular weight is 235 g/mol. The molecule has 4 nitrogen and oxygen atoms in total. The summed E-state index contributed by atoms with van der Waals surface area (Å²) in [6.07, 6.45) is -3.20. The van der Waals surface area contributed by atoms with Gasteiger partial charge >= 0.3 is 12.1 Å². The second-order valence-corrected chi connectivity index (χ2v) is 2.96. The van der Waals surface area contributed by atoms with Crippen LogP contribution in [0.5, 0.6) is 0 Å². The minimum Gasteiger partial charge on any atom is -0.477 e. The summed E-state index contributed by atoms with van der Waals surface area (Å²) >= 11 is 0. The van der Waals surface area contributed by atoms with Gasteiger partial charge in [0.05, 0.1) is 6.61 Å². The summed E-state index contributed by atoms with van der Waals surface area (Å²) in [7, 11) is 0. The Balaban J connectivity index is 2.47. The molecule has 0 bridgehead atoms. The van der Waals surface area contributed by atoms with Crippen LogP contribution in [0.4, 0.5) is 13.2 Å². The molecule has 88 valence electrons. The van der Waals surface area contributed by atoms with Crippen molar-refractivity contribution in [3.8, 4) is 0 Å². The molecule has 1 rings (SSSR count). The van der Waals surface area contributed by atoms with Crippen molar-refractivity contribution in [1.82, 2.24) is 4.98 Å². The van der Waals surface area contributed by atoms with E-state index in [0.717, 1.165) is 0 Å². The second kappa shape index (κ2) is 4.93. The molecule has 0 aliphatic carbocycles. The molecule has 0 saturated carbocycles. The Morgan fingerprint density at radius 2 is 2.12 bits per heavy atom. The SMILES string of the molecule is O=C(O)c1ccc(COCC(F)(F)F)cn1. The van der Waals surface area contributed by atoms with Crippen LogP contribution >= 0.6 is 0 Å². The lowest BCUT2D eigenvalue weighted by Crippen LogP contribution is -2.16. The highest BCUT2D eigenvalue weighted by atomic mass is 19.4. The zero-order valence-electron chi connectivity index (χ0n) is 7.99. The average Bonchev–Trinajstić information content (AvgIpc) is 2.16. The fourth-order valence-corrected chi connectivity index (χ4v) is 0.921. The molecule has 0 aliphatic heterocycles. The van der Waals surface area contributed by atoms with Crippen molar-refractivity contribution in [2.75, 3.05) is 6.61 Å². The molecular weight excluding hydrogens is 227 g/mol. The maximum Gasteiger partial charge on any atom is 0.411 e. The Morgan fingerprint density at radius 3 is 2.56 bits per heavy atom. The molecule has 0 amide bonds. The molecule has 1 aromatic heterocycles. The summed E-state index contributed by atoms with van der Waals surface area (Å²) < 4.78 is 39.5. The van der Waals surface area contributed by atoms with E-state index in [1.54, 1.807) is 0 Å². The highest BCUT2D eigenvalue weighted by molar-refractivity contribution is 5.85. The van der Waals surface area contributed by atoms with Gasteiger partial charge in [-0.2, -0.15) is 13.2 Å². The van der Waals surface area contributed by atoms with Gasteiger partial charge in [0, 0.05) is 6.20 Å². The smallest absolute Gasteiger partial charge is 0.411 e. The van der Waals surface area contributed by atoms with E-state index in [9.17, 15) is 18.0 Å². The van der Waals surface area contributed by atoms with Crippen LogP contribution in [-0.2, 0) is 11.3 Å². The first kappa shape index (κ1) is 12.4. The van der Waals surface area contributed by atoms with Crippen molar-refractivity contribution in [2.24, 2.45) is 0 Å². The first-order valence-corrected chi connectivity index (χ1v) is 4.21. The summed E-state index contributed by atoms with van der Waals surface area (Å²) in [5.74, 6) is -1.19. The number of aromatic carboxylic acids is 1. The fraction of sp³-hybridized carbons (Fsp3) is 0.333. The lowest BCUT2D eigenvalue weighted by atomic mass is 10.2. The summed E-state index contributed by atoms with van der Waals surface area (Å²) in [5.41, 5.74) is 0.217. The molecule has 0 fully saturated rings. The fourth-order valence-electron chi connectivity index (χ4n) is 0.921. The van der Waals surface area contributed by atoms with Crippen LogP contribution in [0.1, 0.15) is 16.1 Å². The van der Waals surface area contributed by atoms with E-state index in [2.05, 4.69) is 9.72 Å². The van der Waals surface area contributed by atoms with Crippen molar-refractivity contribution in [3.63, 3.8) is 0 Å². The second-order valence-electron chi connectivity index (χ2n) is 2.96. The van der Waals surface area contributed by atoms with Crippen LogP contribution in [-0.4, -0.2) is 28.8 Å². The number of rotatable bonds is 4. The number of carboxylic acid groups (broad SMARTS) is 1. The Morgan fingerprint density at radius 1 is 1.44 bits per heavy atom. The van der Waals surface area contributed by atoms with Gasteiger partial charge in [-0.15, -0.1) is 0 Å². The number of aromatic nitrogens is 1. The number of ether oxygens (including phenoxy) is 1. The van der Waals surface area contributed by atoms with E-state index in [0.29, 0.717) is 5.56 Å². The number of halogens is 3. The zero-order valence-corrected chi connectivity index (χ0v) is 7.99. The highest BCUT2D eigenvalue weighted by Gasteiger charge is 2.27. The lowest BCUT2D eigenvalue weighted by Gasteiger charge is -2.07. The molecule has 0 radical (unpaired) electrons. The lowest BCUT2D eigenvalue weighted by molar-refractivity contribution is -0.176. The van der Waals surface area contributed by atoms with Crippen LogP contribution in [0.15, 0.2) is 18.3 Å². The number of nitrogens with zero attached hydrogens (tertiary/aromatic N) is 1. The summed E-state index contributed by atoms with van der Waals surface area (Å²) in [6, 6.07) is 2.56. The van der Waals surface area contributed by atoms with Gasteiger partial charge in [-0.3, -0.25) is 0 Å². The van der Waals surface area contributed by atoms with Gasteiger partial charge in [0.2, 0.25) is 0 Å². The topological polar surface area (TPSA) is 59.4 Å². The van der Waals surface area contributed by atoms with Crippen LogP contribution in [0, 0.1) is 0 Å². The quantitative estimate of drug-likeness (QED) is 0.865. The molecule has 0 aromatic carbocycles. The van der Waals surface area contributed by atoms with Gasteiger partial charge in [0.1, 0.15) is 12.3 Å². The molecule has 0 atom stereocenters. The van der Waals surface area contributed by atoms with Crippen molar-refractivity contribution in [1.29, 1.82) is 0 Å². The number of hydrogen-bond donors (Lipinski definition) is 1. The third-order valence-electron chi connectivity index (χ3n) is 1.58. The van der Waals surface area contributed by atoms with Crippen molar-refractivity contribution in [2.45, 2.75) is 12.8 Å². The predicted molar refractivity (Wildman–Crippen MR) is 46.9 cm³/mol. The summed E-state index contributed by atoms with van der Waals surface area (Å²) in [5, 5.41) is 8.52. The molecule has 0 aliphatic rings. The van der Waals surface area contributed by atoms with E-state index in [1.807, 2.05) is 0 Å². The number of carbonyl (C=O) groups is 1. The maximum atomic E-state index is 11.7. The van der Waals surface area contributed by atoms with Crippen LogP contribution in [0.25, 0.3) is 0 Å². The van der Waals surface area contributed by atoms with Gasteiger partial charge in [-0.25, -0.2) is 9.78 Å².